The highest BCUT2D eigenvalue weighted by Crippen LogP contribution is 2.15. The maximum Gasteiger partial charge on any atom is 0.243 e. The smallest absolute Gasteiger partial charge is 0.243 e. The fourth-order valence-corrected chi connectivity index (χ4v) is 2.58. The summed E-state index contributed by atoms with van der Waals surface area (Å²) in [5.74, 6) is 1.38. The van der Waals surface area contributed by atoms with E-state index in [1.165, 1.54) is 4.90 Å². The third-order valence-electron chi connectivity index (χ3n) is 4.14. The molecule has 152 valence electrons. The van der Waals surface area contributed by atoms with Gasteiger partial charge >= 0.3 is 0 Å². The highest BCUT2D eigenvalue weighted by Gasteiger charge is 2.21. The minimum absolute atomic E-state index is 0. The van der Waals surface area contributed by atoms with E-state index in [0.717, 1.165) is 31.9 Å². The summed E-state index contributed by atoms with van der Waals surface area (Å²) in [5.41, 5.74) is 0. The summed E-state index contributed by atoms with van der Waals surface area (Å²) in [7, 11) is 5.11. The van der Waals surface area contributed by atoms with Crippen LogP contribution in [0.2, 0.25) is 0 Å². The number of methoxy groups -OCH3 is 1. The summed E-state index contributed by atoms with van der Waals surface area (Å²) >= 11 is 0. The summed E-state index contributed by atoms with van der Waals surface area (Å²) in [6.07, 6.45) is 5.42. The van der Waals surface area contributed by atoms with Crippen LogP contribution in [0.15, 0.2) is 23.5 Å². The third kappa shape index (κ3) is 8.24. The van der Waals surface area contributed by atoms with E-state index in [1.807, 2.05) is 6.07 Å². The molecule has 0 unspecified atom stereocenters. The number of rotatable bonds is 7. The zero-order valence-corrected chi connectivity index (χ0v) is 18.6. The SMILES string of the molecule is COCCNC(=NCC(=O)N(C)C)NC1CCN(c2ncccn2)CC1.I. The Balaban J connectivity index is 0.00000364. The van der Waals surface area contributed by atoms with Crippen molar-refractivity contribution >= 4 is 41.8 Å². The van der Waals surface area contributed by atoms with Crippen LogP contribution in [0.4, 0.5) is 5.95 Å². The zero-order chi connectivity index (χ0) is 18.8. The summed E-state index contributed by atoms with van der Waals surface area (Å²) < 4.78 is 5.07. The predicted octanol–water partition coefficient (Wildman–Crippen LogP) is 0.333. The van der Waals surface area contributed by atoms with Crippen LogP contribution in [-0.2, 0) is 9.53 Å². The maximum atomic E-state index is 11.8. The van der Waals surface area contributed by atoms with Crippen molar-refractivity contribution in [1.82, 2.24) is 25.5 Å². The van der Waals surface area contributed by atoms with Crippen LogP contribution in [0.5, 0.6) is 0 Å². The van der Waals surface area contributed by atoms with Gasteiger partial charge in [-0.25, -0.2) is 15.0 Å². The second-order valence-electron chi connectivity index (χ2n) is 6.33. The van der Waals surface area contributed by atoms with Gasteiger partial charge in [0.15, 0.2) is 5.96 Å². The molecule has 27 heavy (non-hydrogen) atoms. The molecule has 0 radical (unpaired) electrons. The number of aromatic nitrogens is 2. The lowest BCUT2D eigenvalue weighted by Crippen LogP contribution is -2.49. The van der Waals surface area contributed by atoms with Gasteiger partial charge in [0, 0.05) is 59.3 Å². The van der Waals surface area contributed by atoms with Crippen molar-refractivity contribution < 1.29 is 9.53 Å². The Hall–Kier alpha value is -1.69. The molecule has 1 aliphatic heterocycles. The topological polar surface area (TPSA) is 95.0 Å². The van der Waals surface area contributed by atoms with E-state index in [0.29, 0.717) is 25.2 Å². The maximum absolute atomic E-state index is 11.8. The van der Waals surface area contributed by atoms with Crippen molar-refractivity contribution in [1.29, 1.82) is 0 Å². The molecule has 0 saturated carbocycles. The molecule has 1 aromatic rings. The number of hydrogen-bond acceptors (Lipinski definition) is 6. The van der Waals surface area contributed by atoms with Gasteiger partial charge in [0.25, 0.3) is 0 Å². The number of anilines is 1. The van der Waals surface area contributed by atoms with Crippen LogP contribution in [-0.4, -0.2) is 86.8 Å². The quantitative estimate of drug-likeness (QED) is 0.246. The largest absolute Gasteiger partial charge is 0.383 e. The number of hydrogen-bond donors (Lipinski definition) is 2. The molecule has 0 atom stereocenters. The molecule has 2 heterocycles. The van der Waals surface area contributed by atoms with E-state index in [-0.39, 0.29) is 36.4 Å². The molecule has 0 aromatic carbocycles. The molecule has 1 aliphatic rings. The van der Waals surface area contributed by atoms with Crippen LogP contribution in [0.25, 0.3) is 0 Å². The van der Waals surface area contributed by atoms with Crippen molar-refractivity contribution in [3.63, 3.8) is 0 Å². The van der Waals surface area contributed by atoms with E-state index in [4.69, 9.17) is 4.74 Å². The second-order valence-corrected chi connectivity index (χ2v) is 6.33. The molecule has 1 saturated heterocycles. The fraction of sp³-hybridized carbons (Fsp3) is 0.647. The number of ether oxygens (including phenoxy) is 1. The standard InChI is InChI=1S/C17H29N7O2.HI/c1-23(2)15(25)13-21-16(18-9-12-26-3)22-14-5-10-24(11-6-14)17-19-7-4-8-20-17;/h4,7-8,14H,5-6,9-13H2,1-3H3,(H2,18,21,22);1H. The number of amides is 1. The zero-order valence-electron chi connectivity index (χ0n) is 16.2. The average molecular weight is 491 g/mol. The van der Waals surface area contributed by atoms with E-state index in [1.54, 1.807) is 33.6 Å². The Labute approximate surface area is 178 Å². The summed E-state index contributed by atoms with van der Waals surface area (Å²) in [5, 5.41) is 6.64. The van der Waals surface area contributed by atoms with Crippen LogP contribution < -0.4 is 15.5 Å². The minimum atomic E-state index is -0.0334. The van der Waals surface area contributed by atoms with Gasteiger partial charge in [-0.1, -0.05) is 0 Å². The number of guanidine groups is 1. The lowest BCUT2D eigenvalue weighted by atomic mass is 10.1. The van der Waals surface area contributed by atoms with Crippen molar-refractivity contribution in [2.45, 2.75) is 18.9 Å². The van der Waals surface area contributed by atoms with Gasteiger partial charge in [0.05, 0.1) is 6.61 Å². The normalized spacial score (nSPS) is 15.1. The molecule has 10 heteroatoms. The van der Waals surface area contributed by atoms with Crippen LogP contribution in [0.1, 0.15) is 12.8 Å². The second kappa shape index (κ2) is 12.7. The number of aliphatic imine (C=N–C) groups is 1. The number of carbonyl (C=O) groups is 1. The molecule has 2 N–H and O–H groups in total. The molecule has 1 amide bonds. The number of piperidine rings is 1. The molecule has 9 nitrogen and oxygen atoms in total. The molecule has 0 spiro atoms. The predicted molar refractivity (Wildman–Crippen MR) is 117 cm³/mol. The summed E-state index contributed by atoms with van der Waals surface area (Å²) in [4.78, 5) is 28.5. The first-order valence-electron chi connectivity index (χ1n) is 8.86. The van der Waals surface area contributed by atoms with Crippen LogP contribution >= 0.6 is 24.0 Å². The third-order valence-corrected chi connectivity index (χ3v) is 4.14. The van der Waals surface area contributed by atoms with E-state index in [2.05, 4.69) is 30.5 Å². The minimum Gasteiger partial charge on any atom is -0.383 e. The number of halogens is 1. The number of likely N-dealkylation sites (N-methyl/N-ethyl adjacent to an activating group) is 1. The first-order valence-corrected chi connectivity index (χ1v) is 8.86. The Morgan fingerprint density at radius 1 is 1.33 bits per heavy atom. The Bertz CT molecular complexity index is 578. The van der Waals surface area contributed by atoms with Crippen LogP contribution in [0.3, 0.4) is 0 Å². The van der Waals surface area contributed by atoms with Gasteiger partial charge in [0.1, 0.15) is 6.54 Å². The van der Waals surface area contributed by atoms with E-state index in [9.17, 15) is 4.79 Å². The Morgan fingerprint density at radius 2 is 2.00 bits per heavy atom. The Kier molecular flexibility index (Phi) is 10.9. The molecular weight excluding hydrogens is 461 g/mol. The van der Waals surface area contributed by atoms with Gasteiger partial charge < -0.3 is 25.2 Å². The monoisotopic (exact) mass is 491 g/mol. The molecule has 1 aromatic heterocycles. The van der Waals surface area contributed by atoms with Crippen molar-refractivity contribution in [3.05, 3.63) is 18.5 Å². The Morgan fingerprint density at radius 3 is 2.59 bits per heavy atom. The number of nitrogens with one attached hydrogen (secondary N) is 2. The van der Waals surface area contributed by atoms with Crippen LogP contribution in [0, 0.1) is 0 Å². The molecule has 0 aliphatic carbocycles. The highest BCUT2D eigenvalue weighted by molar-refractivity contribution is 14.0. The van der Waals surface area contributed by atoms with Gasteiger partial charge in [-0.3, -0.25) is 4.79 Å². The molecule has 0 bridgehead atoms. The van der Waals surface area contributed by atoms with Gasteiger partial charge in [-0.15, -0.1) is 24.0 Å². The van der Waals surface area contributed by atoms with Gasteiger partial charge in [-0.2, -0.15) is 0 Å². The summed E-state index contributed by atoms with van der Waals surface area (Å²) in [6.45, 7) is 3.08. The first-order chi connectivity index (χ1) is 12.6. The molecular formula is C17H30IN7O2. The van der Waals surface area contributed by atoms with Gasteiger partial charge in [-0.05, 0) is 18.9 Å². The fourth-order valence-electron chi connectivity index (χ4n) is 2.58. The van der Waals surface area contributed by atoms with Gasteiger partial charge in [0.2, 0.25) is 11.9 Å². The molecule has 1 fully saturated rings. The molecule has 2 rings (SSSR count). The lowest BCUT2D eigenvalue weighted by molar-refractivity contribution is -0.127. The number of carbonyl (C=O) groups excluding carboxylic acids is 1. The highest BCUT2D eigenvalue weighted by atomic mass is 127. The van der Waals surface area contributed by atoms with Crippen molar-refractivity contribution in [2.24, 2.45) is 4.99 Å². The van der Waals surface area contributed by atoms with Crippen molar-refractivity contribution in [3.8, 4) is 0 Å². The lowest BCUT2D eigenvalue weighted by Gasteiger charge is -2.33. The average Bonchev–Trinajstić information content (AvgIpc) is 2.67. The number of nitrogens with zero attached hydrogens (tertiary/aromatic N) is 5. The van der Waals surface area contributed by atoms with E-state index < -0.39 is 0 Å². The first kappa shape index (κ1) is 23.3. The van der Waals surface area contributed by atoms with E-state index >= 15 is 0 Å². The summed E-state index contributed by atoms with van der Waals surface area (Å²) in [6, 6.07) is 2.11. The van der Waals surface area contributed by atoms with Crippen molar-refractivity contribution in [2.75, 3.05) is 58.9 Å².